The summed E-state index contributed by atoms with van der Waals surface area (Å²) in [5.74, 6) is 0.917. The van der Waals surface area contributed by atoms with Crippen LogP contribution >= 0.6 is 0 Å². The van der Waals surface area contributed by atoms with Crippen LogP contribution < -0.4 is 5.32 Å². The fraction of sp³-hybridized carbons (Fsp3) is 0.300. The molecule has 0 fully saturated rings. The normalized spacial score (nSPS) is 12.2. The van der Waals surface area contributed by atoms with E-state index in [1.807, 2.05) is 55.6 Å². The van der Waals surface area contributed by atoms with Crippen LogP contribution in [0, 0.1) is 0 Å². The topological polar surface area (TPSA) is 56.1 Å². The number of methoxy groups -OCH3 is 1. The molecule has 0 saturated heterocycles. The van der Waals surface area contributed by atoms with Crippen molar-refractivity contribution in [2.24, 2.45) is 7.05 Å². The van der Waals surface area contributed by atoms with Crippen molar-refractivity contribution in [2.75, 3.05) is 13.7 Å². The Bertz CT molecular complexity index is 843. The van der Waals surface area contributed by atoms with Gasteiger partial charge in [0.1, 0.15) is 5.82 Å². The van der Waals surface area contributed by atoms with E-state index in [1.54, 1.807) is 7.11 Å². The van der Waals surface area contributed by atoms with E-state index in [4.69, 9.17) is 4.74 Å². The molecule has 3 rings (SSSR count). The number of para-hydroxylation sites is 2. The third-order valence-electron chi connectivity index (χ3n) is 4.33. The van der Waals surface area contributed by atoms with Crippen LogP contribution in [0.3, 0.4) is 0 Å². The average molecular weight is 337 g/mol. The van der Waals surface area contributed by atoms with Gasteiger partial charge < -0.3 is 14.6 Å². The van der Waals surface area contributed by atoms with E-state index < -0.39 is 6.10 Å². The predicted octanol–water partition coefficient (Wildman–Crippen LogP) is 3.01. The van der Waals surface area contributed by atoms with Gasteiger partial charge >= 0.3 is 0 Å². The Balaban J connectivity index is 1.53. The Hall–Kier alpha value is -2.66. The van der Waals surface area contributed by atoms with Crippen molar-refractivity contribution >= 4 is 16.9 Å². The number of benzene rings is 2. The number of aryl methyl sites for hydroxylation is 2. The van der Waals surface area contributed by atoms with Gasteiger partial charge in [0.25, 0.3) is 5.91 Å². The number of fused-ring (bicyclic) bond motifs is 1. The molecule has 0 aliphatic heterocycles. The minimum Gasteiger partial charge on any atom is -0.367 e. The summed E-state index contributed by atoms with van der Waals surface area (Å²) in [6, 6.07) is 17.6. The second-order valence-corrected chi connectivity index (χ2v) is 6.00. The molecule has 0 aliphatic rings. The van der Waals surface area contributed by atoms with Crippen molar-refractivity contribution in [2.45, 2.75) is 18.9 Å². The Morgan fingerprint density at radius 1 is 1.16 bits per heavy atom. The van der Waals surface area contributed by atoms with E-state index in [0.717, 1.165) is 35.3 Å². The first kappa shape index (κ1) is 17.2. The zero-order valence-corrected chi connectivity index (χ0v) is 14.6. The number of nitrogens with zero attached hydrogens (tertiary/aromatic N) is 2. The van der Waals surface area contributed by atoms with Gasteiger partial charge in [-0.2, -0.15) is 0 Å². The summed E-state index contributed by atoms with van der Waals surface area (Å²) in [7, 11) is 3.58. The molecular formula is C20H23N3O2. The maximum Gasteiger partial charge on any atom is 0.253 e. The summed E-state index contributed by atoms with van der Waals surface area (Å²) in [5, 5.41) is 2.95. The third-order valence-corrected chi connectivity index (χ3v) is 4.33. The van der Waals surface area contributed by atoms with Crippen molar-refractivity contribution in [3.63, 3.8) is 0 Å². The quantitative estimate of drug-likeness (QED) is 0.674. The van der Waals surface area contributed by atoms with Gasteiger partial charge in [-0.05, 0) is 24.1 Å². The number of carbonyl (C=O) groups excluding carboxylic acids is 1. The standard InChI is InChI=1S/C20H23N3O2/c1-23-17-12-7-6-11-16(17)22-18(23)13-8-14-21-20(24)19(25-2)15-9-4-3-5-10-15/h3-7,9-12,19H,8,13-14H2,1-2H3,(H,21,24). The minimum atomic E-state index is -0.572. The molecule has 0 saturated carbocycles. The highest BCUT2D eigenvalue weighted by atomic mass is 16.5. The van der Waals surface area contributed by atoms with Gasteiger partial charge in [0, 0.05) is 27.1 Å². The zero-order chi connectivity index (χ0) is 17.6. The lowest BCUT2D eigenvalue weighted by Gasteiger charge is -2.15. The fourth-order valence-corrected chi connectivity index (χ4v) is 2.99. The number of nitrogens with one attached hydrogen (secondary N) is 1. The van der Waals surface area contributed by atoms with E-state index in [1.165, 1.54) is 0 Å². The summed E-state index contributed by atoms with van der Waals surface area (Å²) in [6.07, 6.45) is 1.07. The molecule has 1 atom stereocenters. The first-order valence-corrected chi connectivity index (χ1v) is 8.46. The molecule has 25 heavy (non-hydrogen) atoms. The molecular weight excluding hydrogens is 314 g/mol. The predicted molar refractivity (Wildman–Crippen MR) is 98.2 cm³/mol. The van der Waals surface area contributed by atoms with E-state index in [2.05, 4.69) is 20.9 Å². The van der Waals surface area contributed by atoms with Crippen LogP contribution in [0.15, 0.2) is 54.6 Å². The van der Waals surface area contributed by atoms with Crippen LogP contribution in [0.2, 0.25) is 0 Å². The largest absolute Gasteiger partial charge is 0.367 e. The molecule has 1 heterocycles. The fourth-order valence-electron chi connectivity index (χ4n) is 2.99. The van der Waals surface area contributed by atoms with Crippen LogP contribution in [0.4, 0.5) is 0 Å². The van der Waals surface area contributed by atoms with Crippen molar-refractivity contribution in [1.29, 1.82) is 0 Å². The number of imidazole rings is 1. The summed E-state index contributed by atoms with van der Waals surface area (Å²) in [5.41, 5.74) is 3.00. The molecule has 0 aliphatic carbocycles. The van der Waals surface area contributed by atoms with Gasteiger partial charge in [0.15, 0.2) is 6.10 Å². The molecule has 1 aromatic heterocycles. The van der Waals surface area contributed by atoms with Crippen molar-refractivity contribution in [3.8, 4) is 0 Å². The maximum atomic E-state index is 12.3. The molecule has 0 bridgehead atoms. The van der Waals surface area contributed by atoms with Gasteiger partial charge in [-0.25, -0.2) is 4.98 Å². The second kappa shape index (κ2) is 7.94. The van der Waals surface area contributed by atoms with E-state index in [-0.39, 0.29) is 5.91 Å². The summed E-state index contributed by atoms with van der Waals surface area (Å²) < 4.78 is 7.45. The van der Waals surface area contributed by atoms with Crippen LogP contribution in [0.5, 0.6) is 0 Å². The van der Waals surface area contributed by atoms with Crippen LogP contribution in [0.1, 0.15) is 23.9 Å². The molecule has 5 nitrogen and oxygen atoms in total. The van der Waals surface area contributed by atoms with E-state index >= 15 is 0 Å². The molecule has 3 aromatic rings. The number of rotatable bonds is 7. The highest BCUT2D eigenvalue weighted by Gasteiger charge is 2.19. The summed E-state index contributed by atoms with van der Waals surface area (Å²) in [6.45, 7) is 0.592. The maximum absolute atomic E-state index is 12.3. The first-order chi connectivity index (χ1) is 12.2. The number of hydrogen-bond donors (Lipinski definition) is 1. The third kappa shape index (κ3) is 3.88. The highest BCUT2D eigenvalue weighted by Crippen LogP contribution is 2.17. The number of aromatic nitrogens is 2. The molecule has 1 N–H and O–H groups in total. The van der Waals surface area contributed by atoms with Gasteiger partial charge in [0.05, 0.1) is 11.0 Å². The van der Waals surface area contributed by atoms with Gasteiger partial charge in [-0.3, -0.25) is 4.79 Å². The molecule has 0 radical (unpaired) electrons. The Kier molecular flexibility index (Phi) is 5.46. The zero-order valence-electron chi connectivity index (χ0n) is 14.6. The monoisotopic (exact) mass is 337 g/mol. The lowest BCUT2D eigenvalue weighted by Crippen LogP contribution is -2.31. The second-order valence-electron chi connectivity index (χ2n) is 6.00. The molecule has 130 valence electrons. The van der Waals surface area contributed by atoms with Crippen LogP contribution in [-0.2, 0) is 23.0 Å². The SMILES string of the molecule is COC(C(=O)NCCCc1nc2ccccc2n1C)c1ccccc1. The number of ether oxygens (including phenoxy) is 1. The van der Waals surface area contributed by atoms with Crippen molar-refractivity contribution < 1.29 is 9.53 Å². The van der Waals surface area contributed by atoms with Crippen LogP contribution in [0.25, 0.3) is 11.0 Å². The molecule has 0 spiro atoms. The van der Waals surface area contributed by atoms with Gasteiger partial charge in [0.2, 0.25) is 0 Å². The van der Waals surface area contributed by atoms with Crippen molar-refractivity contribution in [1.82, 2.24) is 14.9 Å². The molecule has 1 amide bonds. The molecule has 1 unspecified atom stereocenters. The first-order valence-electron chi connectivity index (χ1n) is 8.46. The van der Waals surface area contributed by atoms with E-state index in [9.17, 15) is 4.79 Å². The smallest absolute Gasteiger partial charge is 0.253 e. The average Bonchev–Trinajstić information content (AvgIpc) is 2.97. The number of hydrogen-bond acceptors (Lipinski definition) is 3. The Labute approximate surface area is 147 Å². The lowest BCUT2D eigenvalue weighted by molar-refractivity contribution is -0.131. The van der Waals surface area contributed by atoms with E-state index in [0.29, 0.717) is 6.54 Å². The van der Waals surface area contributed by atoms with Crippen molar-refractivity contribution in [3.05, 3.63) is 66.0 Å². The number of amides is 1. The Morgan fingerprint density at radius 3 is 2.60 bits per heavy atom. The summed E-state index contributed by atoms with van der Waals surface area (Å²) >= 11 is 0. The lowest BCUT2D eigenvalue weighted by atomic mass is 10.1. The molecule has 2 aromatic carbocycles. The Morgan fingerprint density at radius 2 is 1.88 bits per heavy atom. The number of carbonyl (C=O) groups is 1. The van der Waals surface area contributed by atoms with Gasteiger partial charge in [-0.1, -0.05) is 42.5 Å². The summed E-state index contributed by atoms with van der Waals surface area (Å²) in [4.78, 5) is 17.0. The van der Waals surface area contributed by atoms with Gasteiger partial charge in [-0.15, -0.1) is 0 Å². The molecule has 5 heteroatoms. The minimum absolute atomic E-state index is 0.112. The van der Waals surface area contributed by atoms with Crippen LogP contribution in [-0.4, -0.2) is 29.1 Å². The highest BCUT2D eigenvalue weighted by molar-refractivity contribution is 5.82.